The van der Waals surface area contributed by atoms with E-state index >= 15 is 0 Å². The molecule has 1 aliphatic heterocycles. The molecule has 2 amide bonds. The van der Waals surface area contributed by atoms with Crippen LogP contribution in [0.25, 0.3) is 0 Å². The number of rotatable bonds is 7. The third-order valence-electron chi connectivity index (χ3n) is 5.84. The van der Waals surface area contributed by atoms with Gasteiger partial charge in [-0.1, -0.05) is 18.2 Å². The van der Waals surface area contributed by atoms with Crippen molar-refractivity contribution < 1.29 is 22.8 Å². The van der Waals surface area contributed by atoms with E-state index in [4.69, 9.17) is 0 Å². The molecule has 1 aromatic carbocycles. The van der Waals surface area contributed by atoms with Gasteiger partial charge in [-0.15, -0.1) is 0 Å². The Kier molecular flexibility index (Phi) is 7.94. The molecule has 0 saturated carbocycles. The van der Waals surface area contributed by atoms with Crippen molar-refractivity contribution in [3.63, 3.8) is 0 Å². The average Bonchev–Trinajstić information content (AvgIpc) is 2.83. The molecule has 33 heavy (non-hydrogen) atoms. The van der Waals surface area contributed by atoms with Gasteiger partial charge in [0, 0.05) is 32.7 Å². The van der Waals surface area contributed by atoms with Crippen LogP contribution >= 0.6 is 0 Å². The summed E-state index contributed by atoms with van der Waals surface area (Å²) in [6.07, 6.45) is -2.76. The lowest BCUT2D eigenvalue weighted by molar-refractivity contribution is -0.137. The molecule has 0 bridgehead atoms. The molecule has 178 valence electrons. The molecule has 2 heterocycles. The molecule has 1 atom stereocenters. The Morgan fingerprint density at radius 2 is 1.88 bits per heavy atom. The Labute approximate surface area is 191 Å². The van der Waals surface area contributed by atoms with E-state index in [1.54, 1.807) is 18.2 Å². The largest absolute Gasteiger partial charge is 0.416 e. The van der Waals surface area contributed by atoms with Crippen molar-refractivity contribution in [1.82, 2.24) is 15.2 Å². The number of carbonyl (C=O) groups excluding carboxylic acids is 2. The highest BCUT2D eigenvalue weighted by Gasteiger charge is 2.31. The molecule has 2 aromatic rings. The normalized spacial score (nSPS) is 16.4. The lowest BCUT2D eigenvalue weighted by Crippen LogP contribution is -2.45. The topological polar surface area (TPSA) is 65.5 Å². The van der Waals surface area contributed by atoms with Crippen LogP contribution in [-0.4, -0.2) is 47.9 Å². The highest BCUT2D eigenvalue weighted by atomic mass is 19.4. The monoisotopic (exact) mass is 462 g/mol. The van der Waals surface area contributed by atoms with E-state index in [0.29, 0.717) is 31.0 Å². The number of aromatic nitrogens is 1. The van der Waals surface area contributed by atoms with E-state index < -0.39 is 17.6 Å². The highest BCUT2D eigenvalue weighted by Crippen LogP contribution is 2.29. The Morgan fingerprint density at radius 1 is 1.15 bits per heavy atom. The van der Waals surface area contributed by atoms with E-state index in [1.807, 2.05) is 23.6 Å². The zero-order valence-electron chi connectivity index (χ0n) is 18.9. The number of benzene rings is 1. The van der Waals surface area contributed by atoms with Crippen molar-refractivity contribution in [2.75, 3.05) is 31.1 Å². The van der Waals surface area contributed by atoms with Gasteiger partial charge in [0.25, 0.3) is 5.91 Å². The van der Waals surface area contributed by atoms with Crippen LogP contribution in [0.2, 0.25) is 0 Å². The number of nitrogens with zero attached hydrogens (tertiary/aromatic N) is 3. The molecule has 0 radical (unpaired) electrons. The number of pyridine rings is 1. The second-order valence-electron chi connectivity index (χ2n) is 8.06. The molecular weight excluding hydrogens is 433 g/mol. The molecule has 1 N–H and O–H groups in total. The maximum Gasteiger partial charge on any atom is 0.416 e. The van der Waals surface area contributed by atoms with Gasteiger partial charge in [0.15, 0.2) is 0 Å². The minimum absolute atomic E-state index is 0.0428. The summed E-state index contributed by atoms with van der Waals surface area (Å²) in [6.45, 7) is 6.51. The minimum atomic E-state index is -4.44. The maximum absolute atomic E-state index is 12.9. The predicted octanol–water partition coefficient (Wildman–Crippen LogP) is 4.12. The second-order valence-corrected chi connectivity index (χ2v) is 8.06. The van der Waals surface area contributed by atoms with Crippen LogP contribution in [0.15, 0.2) is 42.5 Å². The molecule has 1 aromatic heterocycles. The first-order chi connectivity index (χ1) is 15.7. The zero-order valence-corrected chi connectivity index (χ0v) is 18.9. The first-order valence-corrected chi connectivity index (χ1v) is 11.2. The van der Waals surface area contributed by atoms with Crippen LogP contribution in [0.4, 0.5) is 19.0 Å². The lowest BCUT2D eigenvalue weighted by atomic mass is 9.96. The molecule has 0 aliphatic carbocycles. The summed E-state index contributed by atoms with van der Waals surface area (Å²) in [4.78, 5) is 33.7. The van der Waals surface area contributed by atoms with Gasteiger partial charge in [-0.2, -0.15) is 13.2 Å². The van der Waals surface area contributed by atoms with Crippen LogP contribution in [-0.2, 0) is 17.5 Å². The Morgan fingerprint density at radius 3 is 2.58 bits per heavy atom. The van der Waals surface area contributed by atoms with Crippen molar-refractivity contribution in [3.8, 4) is 0 Å². The number of amides is 2. The predicted molar refractivity (Wildman–Crippen MR) is 120 cm³/mol. The molecule has 3 rings (SSSR count). The standard InChI is InChI=1S/C24H29F3N4O2/c1-3-30(4-2)23(33)18-9-7-13-31(16-18)21-12-6-11-20(29-21)22(32)28-15-17-8-5-10-19(14-17)24(25,26)27/h5-6,8,10-12,14,18H,3-4,7,9,13,15-16H2,1-2H3,(H,28,32). The SMILES string of the molecule is CCN(CC)C(=O)C1CCCN(c2cccc(C(=O)NCc3cccc(C(F)(F)F)c3)n2)C1. The Balaban J connectivity index is 1.65. The van der Waals surface area contributed by atoms with Crippen molar-refractivity contribution in [1.29, 1.82) is 0 Å². The van der Waals surface area contributed by atoms with Crippen molar-refractivity contribution in [3.05, 3.63) is 59.3 Å². The zero-order chi connectivity index (χ0) is 24.0. The van der Waals surface area contributed by atoms with E-state index in [2.05, 4.69) is 10.3 Å². The fourth-order valence-corrected chi connectivity index (χ4v) is 4.04. The van der Waals surface area contributed by atoms with Gasteiger partial charge in [-0.3, -0.25) is 9.59 Å². The number of halogens is 3. The maximum atomic E-state index is 12.9. The molecule has 1 fully saturated rings. The number of piperidine rings is 1. The van der Waals surface area contributed by atoms with Crippen LogP contribution in [0, 0.1) is 5.92 Å². The smallest absolute Gasteiger partial charge is 0.356 e. The van der Waals surface area contributed by atoms with E-state index in [9.17, 15) is 22.8 Å². The third kappa shape index (κ3) is 6.24. The molecule has 1 saturated heterocycles. The van der Waals surface area contributed by atoms with Gasteiger partial charge in [-0.05, 0) is 56.5 Å². The third-order valence-corrected chi connectivity index (χ3v) is 5.84. The Bertz CT molecular complexity index is 976. The van der Waals surface area contributed by atoms with Crippen LogP contribution < -0.4 is 10.2 Å². The average molecular weight is 463 g/mol. The van der Waals surface area contributed by atoms with Gasteiger partial charge in [0.1, 0.15) is 11.5 Å². The number of carbonyl (C=O) groups is 2. The van der Waals surface area contributed by atoms with Crippen LogP contribution in [0.3, 0.4) is 0 Å². The van der Waals surface area contributed by atoms with Gasteiger partial charge < -0.3 is 15.1 Å². The molecular formula is C24H29F3N4O2. The number of hydrogen-bond donors (Lipinski definition) is 1. The van der Waals surface area contributed by atoms with Crippen LogP contribution in [0.1, 0.15) is 48.3 Å². The number of alkyl halides is 3. The van der Waals surface area contributed by atoms with Gasteiger partial charge in [0.05, 0.1) is 11.5 Å². The lowest BCUT2D eigenvalue weighted by Gasteiger charge is -2.35. The first-order valence-electron chi connectivity index (χ1n) is 11.2. The summed E-state index contributed by atoms with van der Waals surface area (Å²) in [5, 5.41) is 2.63. The molecule has 6 nitrogen and oxygen atoms in total. The first kappa shape index (κ1) is 24.5. The minimum Gasteiger partial charge on any atom is -0.356 e. The van der Waals surface area contributed by atoms with E-state index in [0.717, 1.165) is 31.5 Å². The summed E-state index contributed by atoms with van der Waals surface area (Å²) >= 11 is 0. The summed E-state index contributed by atoms with van der Waals surface area (Å²) in [6, 6.07) is 9.94. The van der Waals surface area contributed by atoms with Crippen molar-refractivity contribution in [2.45, 2.75) is 39.4 Å². The van der Waals surface area contributed by atoms with Gasteiger partial charge >= 0.3 is 6.18 Å². The summed E-state index contributed by atoms with van der Waals surface area (Å²) < 4.78 is 38.7. The van der Waals surface area contributed by atoms with Gasteiger partial charge in [0.2, 0.25) is 5.91 Å². The summed E-state index contributed by atoms with van der Waals surface area (Å²) in [7, 11) is 0. The fraction of sp³-hybridized carbons (Fsp3) is 0.458. The number of nitrogens with one attached hydrogen (secondary N) is 1. The quantitative estimate of drug-likeness (QED) is 0.673. The molecule has 9 heteroatoms. The number of anilines is 1. The molecule has 1 unspecified atom stereocenters. The van der Waals surface area contributed by atoms with Gasteiger partial charge in [-0.25, -0.2) is 4.98 Å². The highest BCUT2D eigenvalue weighted by molar-refractivity contribution is 5.92. The van der Waals surface area contributed by atoms with E-state index in [1.165, 1.54) is 12.1 Å². The molecule has 0 spiro atoms. The second kappa shape index (κ2) is 10.7. The number of hydrogen-bond acceptors (Lipinski definition) is 4. The van der Waals surface area contributed by atoms with Crippen molar-refractivity contribution >= 4 is 17.6 Å². The summed E-state index contributed by atoms with van der Waals surface area (Å²) in [5.74, 6) is 0.166. The Hall–Kier alpha value is -3.10. The molecule has 1 aliphatic rings. The van der Waals surface area contributed by atoms with Crippen molar-refractivity contribution in [2.24, 2.45) is 5.92 Å². The summed E-state index contributed by atoms with van der Waals surface area (Å²) in [5.41, 5.74) is -0.229. The van der Waals surface area contributed by atoms with Crippen LogP contribution in [0.5, 0.6) is 0 Å². The fourth-order valence-electron chi connectivity index (χ4n) is 4.04. The van der Waals surface area contributed by atoms with E-state index in [-0.39, 0.29) is 24.1 Å².